The van der Waals surface area contributed by atoms with E-state index in [4.69, 9.17) is 18.5 Å². The van der Waals surface area contributed by atoms with E-state index in [0.29, 0.717) is 23.9 Å². The molecule has 0 fully saturated rings. The second-order valence-corrected chi connectivity index (χ2v) is 17.1. The lowest BCUT2D eigenvalue weighted by Gasteiger charge is -2.25. The average molecular weight is 773 g/mol. The van der Waals surface area contributed by atoms with E-state index in [-0.39, 0.29) is 19.4 Å². The van der Waals surface area contributed by atoms with E-state index in [1.54, 1.807) is 0 Å². The van der Waals surface area contributed by atoms with Gasteiger partial charge in [-0.15, -0.1) is 0 Å². The maximum atomic E-state index is 12.6. The fraction of sp³-hybridized carbons (Fsp3) is 0.860. The SMILES string of the molecule is CCCCCCCC/C=C\CCCCCCCC(=O)OC[C@@H](OC(=O)CCCCCCC/C=C\CCCCCCCC)OP(=O)(O)OCC[N+](C)(C)C. The van der Waals surface area contributed by atoms with E-state index in [0.717, 1.165) is 64.2 Å². The quantitative estimate of drug-likeness (QED) is 0.0164. The topological polar surface area (TPSA) is 108 Å². The van der Waals surface area contributed by atoms with Crippen LogP contribution in [0.3, 0.4) is 0 Å². The van der Waals surface area contributed by atoms with Crippen molar-refractivity contribution >= 4 is 19.8 Å². The molecule has 1 unspecified atom stereocenters. The summed E-state index contributed by atoms with van der Waals surface area (Å²) in [5.74, 6) is -1.02. The zero-order valence-corrected chi connectivity index (χ0v) is 35.9. The van der Waals surface area contributed by atoms with Crippen molar-refractivity contribution < 1.29 is 42.1 Å². The largest absolute Gasteiger partial charge is 0.475 e. The molecular formula is C43H83NO8P+. The zero-order valence-electron chi connectivity index (χ0n) is 35.0. The normalized spacial score (nSPS) is 13.8. The molecule has 0 aliphatic carbocycles. The first-order valence-electron chi connectivity index (χ1n) is 21.6. The molecule has 9 nitrogen and oxygen atoms in total. The van der Waals surface area contributed by atoms with Crippen LogP contribution in [0.2, 0.25) is 0 Å². The summed E-state index contributed by atoms with van der Waals surface area (Å²) in [5, 5.41) is 0. The summed E-state index contributed by atoms with van der Waals surface area (Å²) in [6.07, 6.45) is 38.3. The predicted molar refractivity (Wildman–Crippen MR) is 220 cm³/mol. The third-order valence-electron chi connectivity index (χ3n) is 9.20. The van der Waals surface area contributed by atoms with Crippen molar-refractivity contribution in [1.82, 2.24) is 0 Å². The standard InChI is InChI=1S/C43H82NO8P/c1-6-8-10-12-14-16-18-20-22-24-26-28-30-32-34-36-41(45)49-40-43(52-53(47,48)50-39-38-44(3,4)5)51-42(46)37-35-33-31-29-27-25-23-21-19-17-15-13-11-9-7-2/h20-23,43H,6-19,24-40H2,1-5H3/p+1/b22-20-,23-21-/t43-/m0/s1. The van der Waals surface area contributed by atoms with E-state index < -0.39 is 32.7 Å². The lowest BCUT2D eigenvalue weighted by Crippen LogP contribution is -2.37. The number of esters is 2. The van der Waals surface area contributed by atoms with Crippen LogP contribution in [0, 0.1) is 0 Å². The predicted octanol–water partition coefficient (Wildman–Crippen LogP) is 12.3. The van der Waals surface area contributed by atoms with Crippen molar-refractivity contribution in [3.05, 3.63) is 24.3 Å². The first-order valence-corrected chi connectivity index (χ1v) is 23.1. The fourth-order valence-electron chi connectivity index (χ4n) is 5.81. The van der Waals surface area contributed by atoms with Crippen LogP contribution in [0.5, 0.6) is 0 Å². The summed E-state index contributed by atoms with van der Waals surface area (Å²) in [4.78, 5) is 35.4. The van der Waals surface area contributed by atoms with Crippen LogP contribution in [0.4, 0.5) is 0 Å². The molecule has 0 heterocycles. The van der Waals surface area contributed by atoms with Crippen LogP contribution in [-0.4, -0.2) is 68.5 Å². The minimum absolute atomic E-state index is 0.0257. The average Bonchev–Trinajstić information content (AvgIpc) is 3.09. The smallest absolute Gasteiger partial charge is 0.459 e. The van der Waals surface area contributed by atoms with Crippen molar-refractivity contribution in [1.29, 1.82) is 0 Å². The number of phosphoric ester groups is 1. The van der Waals surface area contributed by atoms with Gasteiger partial charge in [0.05, 0.1) is 21.1 Å². The van der Waals surface area contributed by atoms with Gasteiger partial charge in [0.1, 0.15) is 13.2 Å². The number of carbonyl (C=O) groups excluding carboxylic acids is 2. The molecule has 0 spiro atoms. The van der Waals surface area contributed by atoms with Gasteiger partial charge in [-0.05, 0) is 64.2 Å². The molecule has 0 aromatic rings. The number of hydrogen-bond donors (Lipinski definition) is 1. The lowest BCUT2D eigenvalue weighted by molar-refractivity contribution is -0.870. The van der Waals surface area contributed by atoms with Crippen LogP contribution < -0.4 is 0 Å². The highest BCUT2D eigenvalue weighted by atomic mass is 31.2. The molecule has 0 aliphatic rings. The fourth-order valence-corrected chi connectivity index (χ4v) is 6.59. The molecule has 0 aromatic heterocycles. The van der Waals surface area contributed by atoms with Gasteiger partial charge in [-0.3, -0.25) is 14.1 Å². The van der Waals surface area contributed by atoms with Gasteiger partial charge in [0, 0.05) is 12.8 Å². The molecule has 10 heteroatoms. The summed E-state index contributed by atoms with van der Waals surface area (Å²) in [6.45, 7) is 4.47. The number of allylic oxidation sites excluding steroid dienone is 4. The maximum absolute atomic E-state index is 12.6. The number of phosphoric acid groups is 1. The first kappa shape index (κ1) is 51.5. The molecule has 0 amide bonds. The summed E-state index contributed by atoms with van der Waals surface area (Å²) in [7, 11) is 1.24. The zero-order chi connectivity index (χ0) is 39.3. The van der Waals surface area contributed by atoms with Crippen LogP contribution >= 0.6 is 7.82 Å². The third-order valence-corrected chi connectivity index (χ3v) is 10.2. The van der Waals surface area contributed by atoms with Crippen LogP contribution in [0.25, 0.3) is 0 Å². The van der Waals surface area contributed by atoms with Gasteiger partial charge in [-0.2, -0.15) is 0 Å². The Hall–Kier alpha value is -1.51. The van der Waals surface area contributed by atoms with E-state index in [9.17, 15) is 19.0 Å². The highest BCUT2D eigenvalue weighted by Gasteiger charge is 2.31. The Bertz CT molecular complexity index is 964. The maximum Gasteiger partial charge on any atom is 0.475 e. The summed E-state index contributed by atoms with van der Waals surface area (Å²) < 4.78 is 34.1. The molecule has 0 aliphatic heterocycles. The number of rotatable bonds is 39. The Kier molecular flexibility index (Phi) is 35.1. The van der Waals surface area contributed by atoms with Crippen LogP contribution in [0.15, 0.2) is 24.3 Å². The Labute approximate surface area is 326 Å². The number of unbranched alkanes of at least 4 members (excludes halogenated alkanes) is 22. The van der Waals surface area contributed by atoms with Gasteiger partial charge in [-0.25, -0.2) is 9.09 Å². The Morgan fingerprint density at radius 1 is 0.585 bits per heavy atom. The molecule has 2 atom stereocenters. The van der Waals surface area contributed by atoms with Gasteiger partial charge >= 0.3 is 19.8 Å². The second kappa shape index (κ2) is 36.1. The molecule has 0 saturated carbocycles. The Balaban J connectivity index is 4.36. The molecule has 312 valence electrons. The Morgan fingerprint density at radius 3 is 1.38 bits per heavy atom. The number of likely N-dealkylation sites (N-methyl/N-ethyl adjacent to an activating group) is 1. The monoisotopic (exact) mass is 773 g/mol. The van der Waals surface area contributed by atoms with Crippen molar-refractivity contribution in [3.63, 3.8) is 0 Å². The number of ether oxygens (including phenoxy) is 2. The Morgan fingerprint density at radius 2 is 0.962 bits per heavy atom. The van der Waals surface area contributed by atoms with E-state index in [2.05, 4.69) is 38.2 Å². The van der Waals surface area contributed by atoms with E-state index in [1.165, 1.54) is 89.9 Å². The molecular weight excluding hydrogens is 689 g/mol. The highest BCUT2D eigenvalue weighted by molar-refractivity contribution is 7.47. The molecule has 53 heavy (non-hydrogen) atoms. The highest BCUT2D eigenvalue weighted by Crippen LogP contribution is 2.44. The first-order chi connectivity index (χ1) is 25.5. The molecule has 1 N–H and O–H groups in total. The lowest BCUT2D eigenvalue weighted by atomic mass is 10.1. The third kappa shape index (κ3) is 40.0. The number of quaternary nitrogens is 1. The molecule has 0 bridgehead atoms. The van der Waals surface area contributed by atoms with Crippen LogP contribution in [0.1, 0.15) is 194 Å². The minimum Gasteiger partial charge on any atom is -0.459 e. The van der Waals surface area contributed by atoms with Gasteiger partial charge < -0.3 is 18.9 Å². The summed E-state index contributed by atoms with van der Waals surface area (Å²) >= 11 is 0. The molecule has 0 aromatic carbocycles. The summed E-state index contributed by atoms with van der Waals surface area (Å²) in [5.41, 5.74) is 0. The van der Waals surface area contributed by atoms with E-state index >= 15 is 0 Å². The van der Waals surface area contributed by atoms with Gasteiger partial charge in [0.2, 0.25) is 6.29 Å². The van der Waals surface area contributed by atoms with Gasteiger partial charge in [-0.1, -0.05) is 141 Å². The van der Waals surface area contributed by atoms with Gasteiger partial charge in [0.25, 0.3) is 0 Å². The number of hydrogen-bond acceptors (Lipinski definition) is 7. The van der Waals surface area contributed by atoms with Crippen molar-refractivity contribution in [2.45, 2.75) is 200 Å². The van der Waals surface area contributed by atoms with Gasteiger partial charge in [0.15, 0.2) is 6.61 Å². The second-order valence-electron chi connectivity index (χ2n) is 15.7. The van der Waals surface area contributed by atoms with Crippen molar-refractivity contribution in [2.75, 3.05) is 40.9 Å². The number of carbonyl (C=O) groups is 2. The van der Waals surface area contributed by atoms with Crippen molar-refractivity contribution in [2.24, 2.45) is 0 Å². The molecule has 0 saturated heterocycles. The van der Waals surface area contributed by atoms with E-state index in [1.807, 2.05) is 21.1 Å². The molecule has 0 radical (unpaired) electrons. The van der Waals surface area contributed by atoms with Crippen LogP contribution in [-0.2, 0) is 32.7 Å². The minimum atomic E-state index is -4.56. The van der Waals surface area contributed by atoms with Crippen molar-refractivity contribution in [3.8, 4) is 0 Å². The molecule has 0 rings (SSSR count). The summed E-state index contributed by atoms with van der Waals surface area (Å²) in [6, 6.07) is 0. The number of nitrogens with zero attached hydrogens (tertiary/aromatic N) is 1.